The molecule has 0 bridgehead atoms. The molecule has 20 heavy (non-hydrogen) atoms. The van der Waals surface area contributed by atoms with Crippen molar-refractivity contribution >= 4 is 22.0 Å². The van der Waals surface area contributed by atoms with Crippen LogP contribution in [0.3, 0.4) is 0 Å². The van der Waals surface area contributed by atoms with Gasteiger partial charge in [0.05, 0.1) is 5.75 Å². The molecule has 2 atom stereocenters. The van der Waals surface area contributed by atoms with Gasteiger partial charge in [0.1, 0.15) is 6.04 Å². The highest BCUT2D eigenvalue weighted by molar-refractivity contribution is 7.89. The molecule has 1 rings (SSSR count). The topological polar surface area (TPSA) is 107 Å². The summed E-state index contributed by atoms with van der Waals surface area (Å²) in [6.07, 6.45) is 0.625. The van der Waals surface area contributed by atoms with Crippen molar-refractivity contribution in [3.63, 3.8) is 0 Å². The van der Waals surface area contributed by atoms with Crippen molar-refractivity contribution in [2.24, 2.45) is 5.92 Å². The van der Waals surface area contributed by atoms with E-state index >= 15 is 0 Å². The molecule has 116 valence electrons. The number of carboxylic acid groups (broad SMARTS) is 1. The number of hydrogen-bond donors (Lipinski definition) is 2. The predicted octanol–water partition coefficient (Wildman–Crippen LogP) is -0.618. The number of amides is 2. The third-order valence-corrected chi connectivity index (χ3v) is 5.24. The maximum Gasteiger partial charge on any atom is 0.326 e. The maximum absolute atomic E-state index is 11.9. The number of carbonyl (C=O) groups excluding carboxylic acids is 1. The summed E-state index contributed by atoms with van der Waals surface area (Å²) < 4.78 is 24.1. The van der Waals surface area contributed by atoms with E-state index in [1.54, 1.807) is 6.92 Å². The Balaban J connectivity index is 2.54. The zero-order valence-electron chi connectivity index (χ0n) is 11.9. The average molecular weight is 307 g/mol. The van der Waals surface area contributed by atoms with Crippen LogP contribution < -0.4 is 5.32 Å². The normalized spacial score (nSPS) is 23.1. The number of urea groups is 1. The molecule has 2 N–H and O–H groups in total. The van der Waals surface area contributed by atoms with Gasteiger partial charge in [0.15, 0.2) is 0 Å². The highest BCUT2D eigenvalue weighted by Crippen LogP contribution is 2.23. The van der Waals surface area contributed by atoms with Gasteiger partial charge in [0.2, 0.25) is 10.0 Å². The van der Waals surface area contributed by atoms with E-state index in [4.69, 9.17) is 5.11 Å². The molecule has 0 spiro atoms. The van der Waals surface area contributed by atoms with Crippen LogP contribution in [0.2, 0.25) is 0 Å². The van der Waals surface area contributed by atoms with E-state index in [1.165, 1.54) is 19.0 Å². The molecule has 0 radical (unpaired) electrons. The fraction of sp³-hybridized carbons (Fsp3) is 0.818. The van der Waals surface area contributed by atoms with Crippen molar-refractivity contribution in [1.82, 2.24) is 14.5 Å². The van der Waals surface area contributed by atoms with E-state index in [9.17, 15) is 18.0 Å². The Bertz CT molecular complexity index is 476. The Labute approximate surface area is 118 Å². The highest BCUT2D eigenvalue weighted by atomic mass is 32.2. The highest BCUT2D eigenvalue weighted by Gasteiger charge is 2.39. The molecule has 1 saturated heterocycles. The van der Waals surface area contributed by atoms with Crippen LogP contribution in [0.5, 0.6) is 0 Å². The van der Waals surface area contributed by atoms with Gasteiger partial charge in [0, 0.05) is 27.2 Å². The first kappa shape index (κ1) is 16.7. The summed E-state index contributed by atoms with van der Waals surface area (Å²) in [5.41, 5.74) is 0. The standard InChI is InChI=1S/C11H21N3O5S/c1-8-4-6-14(9(8)10(15)16)11(17)12-5-7-20(18,19)13(2)3/h8-9H,4-7H2,1-3H3,(H,12,17)(H,15,16). The van der Waals surface area contributed by atoms with E-state index in [0.717, 1.165) is 4.31 Å². The minimum atomic E-state index is -3.37. The molecule has 2 amide bonds. The summed E-state index contributed by atoms with van der Waals surface area (Å²) in [7, 11) is -0.541. The maximum atomic E-state index is 11.9. The van der Waals surface area contributed by atoms with Crippen LogP contribution in [0, 0.1) is 5.92 Å². The smallest absolute Gasteiger partial charge is 0.326 e. The number of hydrogen-bond acceptors (Lipinski definition) is 4. The first-order chi connectivity index (χ1) is 9.16. The fourth-order valence-electron chi connectivity index (χ4n) is 2.12. The molecule has 1 aliphatic rings. The second kappa shape index (κ2) is 6.40. The van der Waals surface area contributed by atoms with E-state index in [0.29, 0.717) is 13.0 Å². The average Bonchev–Trinajstić information content (AvgIpc) is 2.70. The van der Waals surface area contributed by atoms with Crippen LogP contribution >= 0.6 is 0 Å². The first-order valence-electron chi connectivity index (χ1n) is 6.34. The monoisotopic (exact) mass is 307 g/mol. The summed E-state index contributed by atoms with van der Waals surface area (Å²) >= 11 is 0. The van der Waals surface area contributed by atoms with Crippen LogP contribution in [0.1, 0.15) is 13.3 Å². The first-order valence-corrected chi connectivity index (χ1v) is 7.95. The summed E-state index contributed by atoms with van der Waals surface area (Å²) in [6.45, 7) is 2.10. The quantitative estimate of drug-likeness (QED) is 0.704. The molecule has 0 aromatic heterocycles. The largest absolute Gasteiger partial charge is 0.480 e. The number of nitrogens with zero attached hydrogens (tertiary/aromatic N) is 2. The molecular formula is C11H21N3O5S. The van der Waals surface area contributed by atoms with Gasteiger partial charge in [-0.05, 0) is 12.3 Å². The van der Waals surface area contributed by atoms with Crippen LogP contribution in [-0.2, 0) is 14.8 Å². The minimum Gasteiger partial charge on any atom is -0.480 e. The van der Waals surface area contributed by atoms with Gasteiger partial charge in [-0.3, -0.25) is 0 Å². The Morgan fingerprint density at radius 2 is 2.00 bits per heavy atom. The van der Waals surface area contributed by atoms with Gasteiger partial charge < -0.3 is 15.3 Å². The number of carboxylic acids is 1. The molecule has 2 unspecified atom stereocenters. The Kier molecular flexibility index (Phi) is 5.35. The van der Waals surface area contributed by atoms with Gasteiger partial charge in [-0.15, -0.1) is 0 Å². The molecule has 0 aromatic rings. The van der Waals surface area contributed by atoms with Crippen molar-refractivity contribution in [2.45, 2.75) is 19.4 Å². The lowest BCUT2D eigenvalue weighted by Crippen LogP contribution is -2.48. The Morgan fingerprint density at radius 3 is 2.50 bits per heavy atom. The molecule has 9 heteroatoms. The molecule has 1 fully saturated rings. The summed E-state index contributed by atoms with van der Waals surface area (Å²) in [5.74, 6) is -1.36. The lowest BCUT2D eigenvalue weighted by Gasteiger charge is -2.23. The van der Waals surface area contributed by atoms with Crippen LogP contribution in [0.4, 0.5) is 4.79 Å². The molecule has 1 heterocycles. The van der Waals surface area contributed by atoms with E-state index in [1.807, 2.05) is 0 Å². The molecule has 1 aliphatic heterocycles. The van der Waals surface area contributed by atoms with Crippen LogP contribution in [0.15, 0.2) is 0 Å². The second-order valence-electron chi connectivity index (χ2n) is 5.07. The van der Waals surface area contributed by atoms with Crippen molar-refractivity contribution in [3.8, 4) is 0 Å². The SMILES string of the molecule is CC1CCN(C(=O)NCCS(=O)(=O)N(C)C)C1C(=O)O. The summed E-state index contributed by atoms with van der Waals surface area (Å²) in [6, 6.07) is -1.38. The Hall–Kier alpha value is -1.35. The van der Waals surface area contributed by atoms with Crippen molar-refractivity contribution in [3.05, 3.63) is 0 Å². The third kappa shape index (κ3) is 3.83. The zero-order chi connectivity index (χ0) is 15.5. The Morgan fingerprint density at radius 1 is 1.40 bits per heavy atom. The van der Waals surface area contributed by atoms with E-state index in [2.05, 4.69) is 5.32 Å². The van der Waals surface area contributed by atoms with Crippen molar-refractivity contribution in [2.75, 3.05) is 32.9 Å². The molecule has 0 aromatic carbocycles. The number of aliphatic carboxylic acids is 1. The van der Waals surface area contributed by atoms with Crippen LogP contribution in [0.25, 0.3) is 0 Å². The molecule has 0 saturated carbocycles. The van der Waals surface area contributed by atoms with E-state index in [-0.39, 0.29) is 18.2 Å². The van der Waals surface area contributed by atoms with Gasteiger partial charge in [-0.25, -0.2) is 22.3 Å². The summed E-state index contributed by atoms with van der Waals surface area (Å²) in [4.78, 5) is 24.3. The number of sulfonamides is 1. The number of likely N-dealkylation sites (tertiary alicyclic amines) is 1. The lowest BCUT2D eigenvalue weighted by atomic mass is 10.0. The number of carbonyl (C=O) groups is 2. The molecular weight excluding hydrogens is 286 g/mol. The third-order valence-electron chi connectivity index (χ3n) is 3.41. The van der Waals surface area contributed by atoms with Gasteiger partial charge in [-0.1, -0.05) is 6.92 Å². The summed E-state index contributed by atoms with van der Waals surface area (Å²) in [5, 5.41) is 11.6. The van der Waals surface area contributed by atoms with Gasteiger partial charge >= 0.3 is 12.0 Å². The van der Waals surface area contributed by atoms with E-state index < -0.39 is 28.1 Å². The van der Waals surface area contributed by atoms with Gasteiger partial charge in [0.25, 0.3) is 0 Å². The van der Waals surface area contributed by atoms with Crippen LogP contribution in [-0.4, -0.2) is 73.7 Å². The number of nitrogens with one attached hydrogen (secondary N) is 1. The lowest BCUT2D eigenvalue weighted by molar-refractivity contribution is -0.142. The fourth-order valence-corrected chi connectivity index (χ4v) is 2.85. The van der Waals surface area contributed by atoms with Crippen molar-refractivity contribution in [1.29, 1.82) is 0 Å². The van der Waals surface area contributed by atoms with Crippen molar-refractivity contribution < 1.29 is 23.1 Å². The second-order valence-corrected chi connectivity index (χ2v) is 7.38. The molecule has 0 aliphatic carbocycles. The molecule has 8 nitrogen and oxygen atoms in total. The zero-order valence-corrected chi connectivity index (χ0v) is 12.7. The minimum absolute atomic E-state index is 0.0451. The van der Waals surface area contributed by atoms with Gasteiger partial charge in [-0.2, -0.15) is 0 Å². The predicted molar refractivity (Wildman–Crippen MR) is 72.8 cm³/mol. The number of rotatable bonds is 5.